The fourth-order valence-electron chi connectivity index (χ4n) is 1.40. The van der Waals surface area contributed by atoms with Gasteiger partial charge >= 0.3 is 0 Å². The number of ether oxygens (including phenoxy) is 2. The zero-order valence-corrected chi connectivity index (χ0v) is 9.20. The van der Waals surface area contributed by atoms with Gasteiger partial charge in [-0.25, -0.2) is 8.42 Å². The fourth-order valence-corrected chi connectivity index (χ4v) is 2.34. The van der Waals surface area contributed by atoms with E-state index in [4.69, 9.17) is 9.47 Å². The van der Waals surface area contributed by atoms with E-state index < -0.39 is 15.6 Å². The fraction of sp³-hybridized carbons (Fsp3) is 0.300. The quantitative estimate of drug-likeness (QED) is 0.719. The van der Waals surface area contributed by atoms with E-state index >= 15 is 0 Å². The average Bonchev–Trinajstić information content (AvgIpc) is 2.28. The van der Waals surface area contributed by atoms with Crippen LogP contribution in [0.15, 0.2) is 23.1 Å². The van der Waals surface area contributed by atoms with Gasteiger partial charge < -0.3 is 14.3 Å². The largest absolute Gasteiger partial charge is 0.486 e. The molecule has 1 aliphatic heterocycles. The smallest absolute Gasteiger partial charge is 0.185 e. The van der Waals surface area contributed by atoms with Crippen molar-refractivity contribution in [2.45, 2.75) is 4.90 Å². The van der Waals surface area contributed by atoms with Crippen molar-refractivity contribution in [3.63, 3.8) is 0 Å². The normalized spacial score (nSPS) is 14.5. The van der Waals surface area contributed by atoms with E-state index in [0.29, 0.717) is 31.0 Å². The summed E-state index contributed by atoms with van der Waals surface area (Å²) < 4.78 is 33.7. The number of carbonyl (C=O) groups is 1. The van der Waals surface area contributed by atoms with Crippen molar-refractivity contribution in [3.05, 3.63) is 18.2 Å². The van der Waals surface area contributed by atoms with Crippen LogP contribution in [0, 0.1) is 0 Å². The van der Waals surface area contributed by atoms with Crippen molar-refractivity contribution in [3.8, 4) is 11.5 Å². The first kappa shape index (κ1) is 10.9. The highest BCUT2D eigenvalue weighted by molar-refractivity contribution is 7.92. The molecule has 0 saturated carbocycles. The molecular formula is C10H10O5S. The van der Waals surface area contributed by atoms with Gasteiger partial charge in [-0.05, 0) is 12.1 Å². The molecule has 0 amide bonds. The topological polar surface area (TPSA) is 69.7 Å². The number of hydrogen-bond donors (Lipinski definition) is 0. The predicted molar refractivity (Wildman–Crippen MR) is 55.5 cm³/mol. The molecule has 0 spiro atoms. The van der Waals surface area contributed by atoms with E-state index in [1.165, 1.54) is 18.2 Å². The van der Waals surface area contributed by atoms with E-state index in [0.717, 1.165) is 0 Å². The molecule has 1 aromatic carbocycles. The summed E-state index contributed by atoms with van der Waals surface area (Å²) >= 11 is 0. The molecule has 0 unspecified atom stereocenters. The van der Waals surface area contributed by atoms with Crippen LogP contribution in [0.2, 0.25) is 0 Å². The van der Waals surface area contributed by atoms with Crippen molar-refractivity contribution < 1.29 is 22.7 Å². The minimum atomic E-state index is -3.55. The van der Waals surface area contributed by atoms with Gasteiger partial charge in [0.05, 0.1) is 4.90 Å². The summed E-state index contributed by atoms with van der Waals surface area (Å²) in [4.78, 5) is 10.3. The van der Waals surface area contributed by atoms with Gasteiger partial charge in [-0.2, -0.15) is 0 Å². The lowest BCUT2D eigenvalue weighted by atomic mass is 10.3. The van der Waals surface area contributed by atoms with Gasteiger partial charge in [-0.3, -0.25) is 0 Å². The molecule has 1 aromatic rings. The number of hydrogen-bond acceptors (Lipinski definition) is 5. The molecule has 0 bridgehead atoms. The lowest BCUT2D eigenvalue weighted by molar-refractivity contribution is -0.105. The molecule has 5 nitrogen and oxygen atoms in total. The molecule has 0 N–H and O–H groups in total. The number of fused-ring (bicyclic) bond motifs is 1. The Morgan fingerprint density at radius 3 is 2.56 bits per heavy atom. The van der Waals surface area contributed by atoms with Gasteiger partial charge in [-0.15, -0.1) is 0 Å². The molecule has 1 heterocycles. The molecule has 0 atom stereocenters. The Labute approximate surface area is 92.9 Å². The minimum Gasteiger partial charge on any atom is -0.486 e. The summed E-state index contributed by atoms with van der Waals surface area (Å²) in [6.07, 6.45) is 0.367. The van der Waals surface area contributed by atoms with Crippen molar-refractivity contribution >= 4 is 16.1 Å². The second-order valence-corrected chi connectivity index (χ2v) is 5.29. The molecule has 2 rings (SSSR count). The van der Waals surface area contributed by atoms with Gasteiger partial charge in [0.2, 0.25) is 0 Å². The van der Waals surface area contributed by atoms with Gasteiger partial charge in [0, 0.05) is 6.07 Å². The van der Waals surface area contributed by atoms with E-state index in [1.54, 1.807) is 0 Å². The Hall–Kier alpha value is -1.56. The summed E-state index contributed by atoms with van der Waals surface area (Å²) in [6, 6.07) is 4.33. The summed E-state index contributed by atoms with van der Waals surface area (Å²) in [6.45, 7) is 0.845. The molecule has 1 aliphatic rings. The molecule has 86 valence electrons. The van der Waals surface area contributed by atoms with Crippen LogP contribution >= 0.6 is 0 Å². The second kappa shape index (κ2) is 4.13. The van der Waals surface area contributed by atoms with Gasteiger partial charge in [-0.1, -0.05) is 0 Å². The molecule has 0 fully saturated rings. The van der Waals surface area contributed by atoms with Crippen molar-refractivity contribution in [1.29, 1.82) is 0 Å². The minimum absolute atomic E-state index is 0.0730. The summed E-state index contributed by atoms with van der Waals surface area (Å²) in [5.41, 5.74) is 0. The van der Waals surface area contributed by atoms with Gasteiger partial charge in [0.25, 0.3) is 0 Å². The third kappa shape index (κ3) is 2.01. The van der Waals surface area contributed by atoms with Crippen LogP contribution in [0.5, 0.6) is 11.5 Å². The Morgan fingerprint density at radius 2 is 1.88 bits per heavy atom. The average molecular weight is 242 g/mol. The van der Waals surface area contributed by atoms with Crippen LogP contribution in [-0.4, -0.2) is 33.7 Å². The number of carbonyl (C=O) groups excluding carboxylic acids is 1. The van der Waals surface area contributed by atoms with Crippen LogP contribution in [-0.2, 0) is 14.6 Å². The molecule has 6 heteroatoms. The van der Waals surface area contributed by atoms with E-state index in [2.05, 4.69) is 0 Å². The first-order valence-electron chi connectivity index (χ1n) is 4.69. The van der Waals surface area contributed by atoms with Crippen LogP contribution in [0.25, 0.3) is 0 Å². The molecule has 0 radical (unpaired) electrons. The Bertz CT molecular complexity index is 506. The first-order valence-corrected chi connectivity index (χ1v) is 6.35. The lowest BCUT2D eigenvalue weighted by Crippen LogP contribution is -2.16. The van der Waals surface area contributed by atoms with Crippen LogP contribution < -0.4 is 9.47 Å². The number of benzene rings is 1. The highest BCUT2D eigenvalue weighted by Crippen LogP contribution is 2.32. The van der Waals surface area contributed by atoms with Crippen LogP contribution in [0.1, 0.15) is 0 Å². The van der Waals surface area contributed by atoms with Crippen LogP contribution in [0.4, 0.5) is 0 Å². The highest BCUT2D eigenvalue weighted by atomic mass is 32.2. The Balaban J connectivity index is 2.40. The lowest BCUT2D eigenvalue weighted by Gasteiger charge is -2.18. The SMILES string of the molecule is O=CCS(=O)(=O)c1ccc2c(c1)OCCO2. The number of sulfone groups is 1. The Morgan fingerprint density at radius 1 is 1.19 bits per heavy atom. The maximum atomic E-state index is 11.6. The van der Waals surface area contributed by atoms with E-state index in [9.17, 15) is 13.2 Å². The maximum absolute atomic E-state index is 11.6. The van der Waals surface area contributed by atoms with Gasteiger partial charge in [0.1, 0.15) is 25.3 Å². The standard InChI is InChI=1S/C10H10O5S/c11-3-6-16(12,13)8-1-2-9-10(7-8)15-5-4-14-9/h1-3,7H,4-6H2. The third-order valence-electron chi connectivity index (χ3n) is 2.16. The molecule has 0 aliphatic carbocycles. The first-order chi connectivity index (χ1) is 7.63. The summed E-state index contributed by atoms with van der Waals surface area (Å²) in [5, 5.41) is 0. The molecule has 0 aromatic heterocycles. The zero-order chi connectivity index (χ0) is 11.6. The van der Waals surface area contributed by atoms with Crippen molar-refractivity contribution in [1.82, 2.24) is 0 Å². The van der Waals surface area contributed by atoms with Crippen molar-refractivity contribution in [2.75, 3.05) is 19.0 Å². The molecule has 0 saturated heterocycles. The maximum Gasteiger partial charge on any atom is 0.185 e. The Kier molecular flexibility index (Phi) is 2.82. The number of aldehydes is 1. The molecule has 16 heavy (non-hydrogen) atoms. The summed E-state index contributed by atoms with van der Waals surface area (Å²) in [7, 11) is -3.55. The second-order valence-electron chi connectivity index (χ2n) is 3.25. The number of rotatable bonds is 3. The van der Waals surface area contributed by atoms with Gasteiger partial charge in [0.15, 0.2) is 21.3 Å². The van der Waals surface area contributed by atoms with Crippen molar-refractivity contribution in [2.24, 2.45) is 0 Å². The zero-order valence-electron chi connectivity index (χ0n) is 8.38. The third-order valence-corrected chi connectivity index (χ3v) is 3.71. The molecular weight excluding hydrogens is 232 g/mol. The summed E-state index contributed by atoms with van der Waals surface area (Å²) in [5.74, 6) is 0.404. The van der Waals surface area contributed by atoms with E-state index in [-0.39, 0.29) is 4.90 Å². The van der Waals surface area contributed by atoms with E-state index in [1.807, 2.05) is 0 Å². The van der Waals surface area contributed by atoms with Crippen LogP contribution in [0.3, 0.4) is 0 Å². The predicted octanol–water partition coefficient (Wildman–Crippen LogP) is 0.430. The highest BCUT2D eigenvalue weighted by Gasteiger charge is 2.18. The monoisotopic (exact) mass is 242 g/mol.